The minimum absolute atomic E-state index is 0.168. The number of aryl methyl sites for hydroxylation is 1. The van der Waals surface area contributed by atoms with Crippen molar-refractivity contribution in [2.24, 2.45) is 11.8 Å². The van der Waals surface area contributed by atoms with E-state index in [1.807, 2.05) is 30.0 Å². The van der Waals surface area contributed by atoms with E-state index in [0.29, 0.717) is 30.1 Å². The number of carboxylic acids is 1. The zero-order valence-corrected chi connectivity index (χ0v) is 22.6. The molecule has 1 aromatic heterocycles. The molecule has 3 aromatic rings. The van der Waals surface area contributed by atoms with Gasteiger partial charge in [-0.25, -0.2) is 4.39 Å². The van der Waals surface area contributed by atoms with Gasteiger partial charge in [0, 0.05) is 41.7 Å². The van der Waals surface area contributed by atoms with Crippen molar-refractivity contribution in [2.45, 2.75) is 50.1 Å². The number of alkyl halides is 1. The highest BCUT2D eigenvalue weighted by Gasteiger charge is 2.30. The first-order valence-corrected chi connectivity index (χ1v) is 14.1. The highest BCUT2D eigenvalue weighted by atomic mass is 32.2. The van der Waals surface area contributed by atoms with Crippen molar-refractivity contribution >= 4 is 28.6 Å². The Balaban J connectivity index is 1.35. The largest absolute Gasteiger partial charge is 0.497 e. The van der Waals surface area contributed by atoms with Crippen molar-refractivity contribution in [3.63, 3.8) is 0 Å². The first kappa shape index (κ1) is 27.4. The number of carbonyl (C=O) groups is 1. The van der Waals surface area contributed by atoms with E-state index in [1.165, 1.54) is 10.5 Å². The van der Waals surface area contributed by atoms with Crippen LogP contribution in [0.25, 0.3) is 10.9 Å². The summed E-state index contributed by atoms with van der Waals surface area (Å²) in [6.07, 6.45) is 3.55. The zero-order valence-electron chi connectivity index (χ0n) is 21.7. The lowest BCUT2D eigenvalue weighted by molar-refractivity contribution is -0.137. The third kappa shape index (κ3) is 7.68. The number of aliphatic carboxylic acids is 1. The Morgan fingerprint density at radius 1 is 1.22 bits per heavy atom. The van der Waals surface area contributed by atoms with Crippen molar-refractivity contribution in [3.8, 4) is 5.75 Å². The van der Waals surface area contributed by atoms with Crippen molar-refractivity contribution in [3.05, 3.63) is 65.9 Å². The molecular formula is C30H37FN2O3S. The predicted octanol–water partition coefficient (Wildman–Crippen LogP) is 6.94. The number of nitrogens with zero attached hydrogens (tertiary/aromatic N) is 2. The van der Waals surface area contributed by atoms with E-state index in [1.54, 1.807) is 19.4 Å². The van der Waals surface area contributed by atoms with Gasteiger partial charge in [-0.3, -0.25) is 9.78 Å². The van der Waals surface area contributed by atoms with Crippen LogP contribution in [0.3, 0.4) is 0 Å². The second-order valence-corrected chi connectivity index (χ2v) is 11.2. The Labute approximate surface area is 223 Å². The molecule has 0 amide bonds. The summed E-state index contributed by atoms with van der Waals surface area (Å²) in [5.74, 6) is 1.54. The minimum atomic E-state index is -1.10. The first-order chi connectivity index (χ1) is 17.9. The van der Waals surface area contributed by atoms with Crippen LogP contribution in [0, 0.1) is 18.8 Å². The fourth-order valence-electron chi connectivity index (χ4n) is 5.44. The van der Waals surface area contributed by atoms with E-state index in [9.17, 15) is 9.90 Å². The molecule has 0 bridgehead atoms. The summed E-state index contributed by atoms with van der Waals surface area (Å²) in [4.78, 5) is 19.4. The maximum atomic E-state index is 15.6. The summed E-state index contributed by atoms with van der Waals surface area (Å²) >= 11 is 1.86. The van der Waals surface area contributed by atoms with E-state index in [2.05, 4.69) is 41.1 Å². The average Bonchev–Trinajstić information content (AvgIpc) is 2.90. The number of halogens is 1. The van der Waals surface area contributed by atoms with Gasteiger partial charge in [0.1, 0.15) is 11.9 Å². The van der Waals surface area contributed by atoms with Gasteiger partial charge in [0.25, 0.3) is 0 Å². The van der Waals surface area contributed by atoms with Gasteiger partial charge in [-0.1, -0.05) is 17.7 Å². The molecule has 198 valence electrons. The summed E-state index contributed by atoms with van der Waals surface area (Å²) in [5.41, 5.74) is 2.68. The number of rotatable bonds is 12. The summed E-state index contributed by atoms with van der Waals surface area (Å²) in [7, 11) is 1.61. The minimum Gasteiger partial charge on any atom is -0.497 e. The number of ether oxygens (including phenoxy) is 1. The Hall–Kier alpha value is -2.64. The molecule has 1 aliphatic heterocycles. The molecule has 1 fully saturated rings. The monoisotopic (exact) mass is 524 g/mol. The second-order valence-electron chi connectivity index (χ2n) is 10.0. The molecule has 1 N–H and O–H groups in total. The number of methoxy groups -OCH3 is 1. The van der Waals surface area contributed by atoms with Crippen molar-refractivity contribution in [1.29, 1.82) is 0 Å². The third-order valence-corrected chi connectivity index (χ3v) is 8.46. The highest BCUT2D eigenvalue weighted by molar-refractivity contribution is 7.99. The number of pyridine rings is 1. The molecule has 4 rings (SSSR count). The molecular weight excluding hydrogens is 487 g/mol. The number of hydrogen-bond donors (Lipinski definition) is 1. The van der Waals surface area contributed by atoms with E-state index >= 15 is 4.39 Å². The SMILES string of the molecule is COc1ccc2nccc([C@@H](F)CCC3CCN(CCSc4cccc(C)c4)CC3CCC(=O)O)c2c1. The zero-order chi connectivity index (χ0) is 26.2. The smallest absolute Gasteiger partial charge is 0.303 e. The molecule has 1 aliphatic rings. The standard InChI is InChI=1S/C30H37FN2O3S/c1-21-4-3-5-25(18-21)37-17-16-33-15-13-22(23(20-33)7-11-30(34)35)6-9-28(31)26-12-14-32-29-10-8-24(36-2)19-27(26)29/h3-5,8,10,12,14,18-19,22-23,28H,6-7,9,11,13,15-17,20H2,1-2H3,(H,34,35)/t22?,23?,28-/m0/s1. The Kier molecular flexibility index (Phi) is 9.81. The number of hydrogen-bond acceptors (Lipinski definition) is 5. The molecule has 7 heteroatoms. The number of likely N-dealkylation sites (tertiary alicyclic amines) is 1. The van der Waals surface area contributed by atoms with E-state index < -0.39 is 12.1 Å². The lowest BCUT2D eigenvalue weighted by atomic mass is 9.79. The number of thioether (sulfide) groups is 1. The molecule has 0 radical (unpaired) electrons. The van der Waals surface area contributed by atoms with Crippen LogP contribution in [0.1, 0.15) is 49.4 Å². The van der Waals surface area contributed by atoms with Gasteiger partial charge < -0.3 is 14.7 Å². The Morgan fingerprint density at radius 2 is 2.08 bits per heavy atom. The van der Waals surface area contributed by atoms with Gasteiger partial charge in [0.05, 0.1) is 12.6 Å². The number of fused-ring (bicyclic) bond motifs is 1. The molecule has 1 saturated heterocycles. The predicted molar refractivity (Wildman–Crippen MR) is 148 cm³/mol. The molecule has 2 unspecified atom stereocenters. The maximum Gasteiger partial charge on any atom is 0.303 e. The van der Waals surface area contributed by atoms with E-state index in [-0.39, 0.29) is 12.3 Å². The van der Waals surface area contributed by atoms with Crippen LogP contribution in [-0.4, -0.2) is 53.5 Å². The van der Waals surface area contributed by atoms with Crippen molar-refractivity contribution < 1.29 is 19.0 Å². The van der Waals surface area contributed by atoms with Gasteiger partial charge >= 0.3 is 5.97 Å². The van der Waals surface area contributed by atoms with Crippen LogP contribution in [0.5, 0.6) is 5.75 Å². The molecule has 0 aliphatic carbocycles. The van der Waals surface area contributed by atoms with Gasteiger partial charge in [-0.2, -0.15) is 0 Å². The molecule has 2 heterocycles. The summed E-state index contributed by atoms with van der Waals surface area (Å²) in [5, 5.41) is 10.1. The fraction of sp³-hybridized carbons (Fsp3) is 0.467. The topological polar surface area (TPSA) is 62.7 Å². The number of piperidine rings is 1. The van der Waals surface area contributed by atoms with Gasteiger partial charge in [0.15, 0.2) is 0 Å². The lowest BCUT2D eigenvalue weighted by Crippen LogP contribution is -2.41. The van der Waals surface area contributed by atoms with Crippen LogP contribution in [-0.2, 0) is 4.79 Å². The van der Waals surface area contributed by atoms with E-state index in [0.717, 1.165) is 49.1 Å². The Bertz CT molecular complexity index is 1190. The van der Waals surface area contributed by atoms with Crippen LogP contribution in [0.15, 0.2) is 59.6 Å². The number of benzene rings is 2. The highest BCUT2D eigenvalue weighted by Crippen LogP contribution is 2.36. The second kappa shape index (κ2) is 13.2. The van der Waals surface area contributed by atoms with Crippen LogP contribution < -0.4 is 4.74 Å². The van der Waals surface area contributed by atoms with Gasteiger partial charge in [-0.15, -0.1) is 11.8 Å². The summed E-state index contributed by atoms with van der Waals surface area (Å²) < 4.78 is 20.9. The van der Waals surface area contributed by atoms with E-state index in [4.69, 9.17) is 4.74 Å². The number of aromatic nitrogens is 1. The molecule has 0 saturated carbocycles. The molecule has 37 heavy (non-hydrogen) atoms. The molecule has 0 spiro atoms. The lowest BCUT2D eigenvalue weighted by Gasteiger charge is -2.39. The van der Waals surface area contributed by atoms with Gasteiger partial charge in [0.2, 0.25) is 0 Å². The van der Waals surface area contributed by atoms with Crippen LogP contribution >= 0.6 is 11.8 Å². The third-order valence-electron chi connectivity index (χ3n) is 7.48. The Morgan fingerprint density at radius 3 is 2.86 bits per heavy atom. The molecule has 3 atom stereocenters. The summed E-state index contributed by atoms with van der Waals surface area (Å²) in [6, 6.07) is 15.9. The number of carboxylic acid groups (broad SMARTS) is 1. The van der Waals surface area contributed by atoms with Crippen LogP contribution in [0.4, 0.5) is 4.39 Å². The summed E-state index contributed by atoms with van der Waals surface area (Å²) in [6.45, 7) is 4.96. The quantitative estimate of drug-likeness (QED) is 0.259. The van der Waals surface area contributed by atoms with Crippen LogP contribution in [0.2, 0.25) is 0 Å². The fourth-order valence-corrected chi connectivity index (χ4v) is 6.46. The maximum absolute atomic E-state index is 15.6. The molecule has 5 nitrogen and oxygen atoms in total. The first-order valence-electron chi connectivity index (χ1n) is 13.1. The van der Waals surface area contributed by atoms with Crippen molar-refractivity contribution in [1.82, 2.24) is 9.88 Å². The molecule has 2 aromatic carbocycles. The normalized spacial score (nSPS) is 19.1. The average molecular weight is 525 g/mol. The van der Waals surface area contributed by atoms with Crippen molar-refractivity contribution in [2.75, 3.05) is 32.5 Å². The van der Waals surface area contributed by atoms with Gasteiger partial charge in [-0.05, 0) is 92.9 Å².